The zero-order valence-corrected chi connectivity index (χ0v) is 10.9. The molecule has 0 N–H and O–H groups in total. The highest BCUT2D eigenvalue weighted by atomic mass is 79.9. The maximum Gasteiger partial charge on any atom is 0.127 e. The molecule has 0 saturated carbocycles. The molecule has 1 nitrogen and oxygen atoms in total. The van der Waals surface area contributed by atoms with Gasteiger partial charge in [-0.2, -0.15) is 0 Å². The third-order valence-electron chi connectivity index (χ3n) is 3.17. The molecule has 1 aromatic rings. The summed E-state index contributed by atoms with van der Waals surface area (Å²) in [5.74, 6) is 0.643. The molecule has 1 unspecified atom stereocenters. The molecule has 3 heteroatoms. The molecule has 1 saturated heterocycles. The lowest BCUT2D eigenvalue weighted by atomic mass is 10.00. The number of alkyl halides is 1. The molecule has 0 aromatic heterocycles. The fourth-order valence-corrected chi connectivity index (χ4v) is 2.82. The standard InChI is InChI=1S/C13H17BrFN/c14-8-11-4-3-7-16(9-11)10-12-5-1-2-6-13(12)15/h1-2,5-6,11H,3-4,7-10H2. The van der Waals surface area contributed by atoms with Gasteiger partial charge < -0.3 is 0 Å². The predicted octanol–water partition coefficient (Wildman–Crippen LogP) is 3.43. The van der Waals surface area contributed by atoms with E-state index in [2.05, 4.69) is 20.8 Å². The molecule has 1 heterocycles. The van der Waals surface area contributed by atoms with Gasteiger partial charge in [-0.05, 0) is 31.4 Å². The number of piperidine rings is 1. The third-order valence-corrected chi connectivity index (χ3v) is 4.09. The number of hydrogen-bond acceptors (Lipinski definition) is 1. The fraction of sp³-hybridized carbons (Fsp3) is 0.538. The lowest BCUT2D eigenvalue weighted by Crippen LogP contribution is -2.35. The van der Waals surface area contributed by atoms with Crippen LogP contribution in [-0.2, 0) is 6.54 Å². The van der Waals surface area contributed by atoms with Crippen molar-refractivity contribution in [1.29, 1.82) is 0 Å². The first-order valence-corrected chi connectivity index (χ1v) is 6.93. The minimum absolute atomic E-state index is 0.0801. The van der Waals surface area contributed by atoms with Crippen LogP contribution in [0, 0.1) is 11.7 Å². The SMILES string of the molecule is Fc1ccccc1CN1CCCC(CBr)C1. The summed E-state index contributed by atoms with van der Waals surface area (Å²) in [6.45, 7) is 2.92. The van der Waals surface area contributed by atoms with Gasteiger partial charge in [0.1, 0.15) is 5.82 Å². The summed E-state index contributed by atoms with van der Waals surface area (Å²) in [6.07, 6.45) is 2.52. The molecule has 1 aliphatic rings. The van der Waals surface area contributed by atoms with Crippen LogP contribution in [0.4, 0.5) is 4.39 Å². The Kier molecular flexibility index (Phi) is 4.36. The van der Waals surface area contributed by atoms with Crippen molar-refractivity contribution >= 4 is 15.9 Å². The lowest BCUT2D eigenvalue weighted by Gasteiger charge is -2.31. The summed E-state index contributed by atoms with van der Waals surface area (Å²) in [5, 5.41) is 1.06. The van der Waals surface area contributed by atoms with Crippen molar-refractivity contribution < 1.29 is 4.39 Å². The summed E-state index contributed by atoms with van der Waals surface area (Å²) in [5.41, 5.74) is 0.817. The Morgan fingerprint density at radius 3 is 2.94 bits per heavy atom. The first-order chi connectivity index (χ1) is 7.79. The van der Waals surface area contributed by atoms with Gasteiger partial charge in [0.05, 0.1) is 0 Å². The van der Waals surface area contributed by atoms with Crippen LogP contribution >= 0.6 is 15.9 Å². The summed E-state index contributed by atoms with van der Waals surface area (Å²) in [4.78, 5) is 2.36. The van der Waals surface area contributed by atoms with Crippen molar-refractivity contribution in [3.05, 3.63) is 35.6 Å². The highest BCUT2D eigenvalue weighted by molar-refractivity contribution is 9.09. The molecule has 0 aliphatic carbocycles. The van der Waals surface area contributed by atoms with Gasteiger partial charge in [0.15, 0.2) is 0 Å². The summed E-state index contributed by atoms with van der Waals surface area (Å²) >= 11 is 3.54. The molecule has 88 valence electrons. The van der Waals surface area contributed by atoms with Crippen molar-refractivity contribution in [2.45, 2.75) is 19.4 Å². The first-order valence-electron chi connectivity index (χ1n) is 5.81. The first kappa shape index (κ1) is 12.1. The van der Waals surface area contributed by atoms with Crippen LogP contribution in [0.15, 0.2) is 24.3 Å². The Morgan fingerprint density at radius 1 is 1.38 bits per heavy atom. The molecule has 2 rings (SSSR count). The molecule has 0 bridgehead atoms. The smallest absolute Gasteiger partial charge is 0.127 e. The summed E-state index contributed by atoms with van der Waals surface area (Å²) in [7, 11) is 0. The van der Waals surface area contributed by atoms with Crippen molar-refractivity contribution in [3.63, 3.8) is 0 Å². The van der Waals surface area contributed by atoms with E-state index in [0.717, 1.165) is 36.4 Å². The molecule has 1 aliphatic heterocycles. The van der Waals surface area contributed by atoms with E-state index < -0.39 is 0 Å². The minimum atomic E-state index is -0.0801. The van der Waals surface area contributed by atoms with Crippen molar-refractivity contribution in [3.8, 4) is 0 Å². The third kappa shape index (κ3) is 3.05. The van der Waals surface area contributed by atoms with Crippen LogP contribution in [0.2, 0.25) is 0 Å². The Labute approximate surface area is 105 Å². The molecule has 0 amide bonds. The van der Waals surface area contributed by atoms with E-state index in [1.165, 1.54) is 12.8 Å². The molecule has 1 aromatic carbocycles. The zero-order chi connectivity index (χ0) is 11.4. The lowest BCUT2D eigenvalue weighted by molar-refractivity contribution is 0.177. The minimum Gasteiger partial charge on any atom is -0.299 e. The van der Waals surface area contributed by atoms with Gasteiger partial charge in [-0.25, -0.2) is 4.39 Å². The van der Waals surface area contributed by atoms with E-state index in [9.17, 15) is 4.39 Å². The number of hydrogen-bond donors (Lipinski definition) is 0. The molecule has 1 atom stereocenters. The number of nitrogens with zero attached hydrogens (tertiary/aromatic N) is 1. The summed E-state index contributed by atoms with van der Waals surface area (Å²) in [6, 6.07) is 7.08. The van der Waals surface area contributed by atoms with E-state index in [1.54, 1.807) is 12.1 Å². The number of rotatable bonds is 3. The topological polar surface area (TPSA) is 3.24 Å². The Morgan fingerprint density at radius 2 is 2.19 bits per heavy atom. The number of benzene rings is 1. The van der Waals surface area contributed by atoms with E-state index >= 15 is 0 Å². The zero-order valence-electron chi connectivity index (χ0n) is 9.33. The van der Waals surface area contributed by atoms with Crippen LogP contribution in [0.5, 0.6) is 0 Å². The van der Waals surface area contributed by atoms with E-state index in [4.69, 9.17) is 0 Å². The predicted molar refractivity (Wildman–Crippen MR) is 68.2 cm³/mol. The largest absolute Gasteiger partial charge is 0.299 e. The van der Waals surface area contributed by atoms with E-state index in [1.807, 2.05) is 12.1 Å². The van der Waals surface area contributed by atoms with E-state index in [0.29, 0.717) is 0 Å². The number of likely N-dealkylation sites (tertiary alicyclic amines) is 1. The second-order valence-electron chi connectivity index (χ2n) is 4.49. The van der Waals surface area contributed by atoms with Gasteiger partial charge in [-0.1, -0.05) is 34.1 Å². The maximum absolute atomic E-state index is 13.5. The second-order valence-corrected chi connectivity index (χ2v) is 5.14. The van der Waals surface area contributed by atoms with Crippen LogP contribution in [0.25, 0.3) is 0 Å². The Hall–Kier alpha value is -0.410. The molecular formula is C13H17BrFN. The summed E-state index contributed by atoms with van der Waals surface area (Å²) < 4.78 is 13.5. The van der Waals surface area contributed by atoms with Crippen LogP contribution in [0.3, 0.4) is 0 Å². The average molecular weight is 286 g/mol. The molecule has 16 heavy (non-hydrogen) atoms. The van der Waals surface area contributed by atoms with Gasteiger partial charge in [-0.3, -0.25) is 4.90 Å². The normalized spacial score (nSPS) is 22.2. The Bertz CT molecular complexity index is 342. The quantitative estimate of drug-likeness (QED) is 0.769. The highest BCUT2D eigenvalue weighted by Gasteiger charge is 2.19. The Balaban J connectivity index is 1.97. The molecule has 0 radical (unpaired) electrons. The van der Waals surface area contributed by atoms with Gasteiger partial charge >= 0.3 is 0 Å². The highest BCUT2D eigenvalue weighted by Crippen LogP contribution is 2.20. The average Bonchev–Trinajstić information content (AvgIpc) is 2.32. The molecular weight excluding hydrogens is 269 g/mol. The monoisotopic (exact) mass is 285 g/mol. The van der Waals surface area contributed by atoms with Crippen molar-refractivity contribution in [2.75, 3.05) is 18.4 Å². The van der Waals surface area contributed by atoms with Crippen molar-refractivity contribution in [2.24, 2.45) is 5.92 Å². The molecule has 0 spiro atoms. The van der Waals surface area contributed by atoms with Crippen LogP contribution < -0.4 is 0 Å². The molecule has 1 fully saturated rings. The van der Waals surface area contributed by atoms with Crippen molar-refractivity contribution in [1.82, 2.24) is 4.90 Å². The number of halogens is 2. The van der Waals surface area contributed by atoms with Crippen LogP contribution in [-0.4, -0.2) is 23.3 Å². The van der Waals surface area contributed by atoms with Crippen LogP contribution in [0.1, 0.15) is 18.4 Å². The van der Waals surface area contributed by atoms with Gasteiger partial charge in [0.25, 0.3) is 0 Å². The van der Waals surface area contributed by atoms with Gasteiger partial charge in [0.2, 0.25) is 0 Å². The van der Waals surface area contributed by atoms with Gasteiger partial charge in [-0.15, -0.1) is 0 Å². The maximum atomic E-state index is 13.5. The van der Waals surface area contributed by atoms with Gasteiger partial charge in [0, 0.05) is 24.0 Å². The van der Waals surface area contributed by atoms with E-state index in [-0.39, 0.29) is 5.82 Å². The fourth-order valence-electron chi connectivity index (χ4n) is 2.29. The second kappa shape index (κ2) is 5.78.